The van der Waals surface area contributed by atoms with E-state index in [9.17, 15) is 8.78 Å². The van der Waals surface area contributed by atoms with Gasteiger partial charge in [-0.05, 0) is 40.4 Å². The number of para-hydroxylation sites is 1. The van der Waals surface area contributed by atoms with Crippen LogP contribution in [0.1, 0.15) is 25.8 Å². The Hall–Kier alpha value is -2.13. The van der Waals surface area contributed by atoms with Gasteiger partial charge in [0, 0.05) is 38.9 Å². The topological polar surface area (TPSA) is 67.4 Å². The lowest BCUT2D eigenvalue weighted by atomic mass is 10.2. The molecule has 0 aliphatic heterocycles. The van der Waals surface area contributed by atoms with Gasteiger partial charge in [-0.3, -0.25) is 4.99 Å². The van der Waals surface area contributed by atoms with Crippen LogP contribution in [-0.4, -0.2) is 71.0 Å². The molecule has 1 atom stereocenters. The third-order valence-corrected chi connectivity index (χ3v) is 4.03. The van der Waals surface area contributed by atoms with Crippen LogP contribution < -0.4 is 20.1 Å². The Morgan fingerprint density at radius 1 is 1.17 bits per heavy atom. The molecule has 0 bridgehead atoms. The van der Waals surface area contributed by atoms with E-state index in [1.807, 2.05) is 21.0 Å². The predicted molar refractivity (Wildman–Crippen MR) is 111 cm³/mol. The number of alkyl halides is 2. The number of halogens is 2. The molecule has 0 saturated carbocycles. The van der Waals surface area contributed by atoms with Gasteiger partial charge in [0.05, 0.1) is 12.7 Å². The van der Waals surface area contributed by atoms with Crippen LogP contribution in [0.15, 0.2) is 23.2 Å². The van der Waals surface area contributed by atoms with Crippen LogP contribution in [0.25, 0.3) is 0 Å². The Bertz CT molecular complexity index is 615. The highest BCUT2D eigenvalue weighted by Gasteiger charge is 2.16. The molecule has 0 heterocycles. The van der Waals surface area contributed by atoms with Crippen molar-refractivity contribution in [2.45, 2.75) is 39.5 Å². The Kier molecular flexibility index (Phi) is 12.0. The summed E-state index contributed by atoms with van der Waals surface area (Å²) in [5, 5.41) is 6.35. The van der Waals surface area contributed by atoms with Gasteiger partial charge in [-0.25, -0.2) is 0 Å². The van der Waals surface area contributed by atoms with E-state index in [1.165, 1.54) is 0 Å². The van der Waals surface area contributed by atoms with E-state index in [4.69, 9.17) is 14.2 Å². The molecular weight excluding hydrogens is 382 g/mol. The second-order valence-corrected chi connectivity index (χ2v) is 6.53. The fourth-order valence-electron chi connectivity index (χ4n) is 2.68. The zero-order valence-electron chi connectivity index (χ0n) is 18.0. The number of nitrogens with zero attached hydrogens (tertiary/aromatic N) is 2. The van der Waals surface area contributed by atoms with E-state index in [0.29, 0.717) is 31.3 Å². The van der Waals surface area contributed by atoms with Crippen molar-refractivity contribution < 1.29 is 23.0 Å². The lowest BCUT2D eigenvalue weighted by molar-refractivity contribution is -0.0520. The number of hydrogen-bond donors (Lipinski definition) is 2. The van der Waals surface area contributed by atoms with E-state index in [0.717, 1.165) is 13.0 Å². The summed E-state index contributed by atoms with van der Waals surface area (Å²) >= 11 is 0. The maximum absolute atomic E-state index is 12.8. The highest BCUT2D eigenvalue weighted by atomic mass is 19.3. The van der Waals surface area contributed by atoms with Crippen LogP contribution in [0.3, 0.4) is 0 Å². The van der Waals surface area contributed by atoms with Gasteiger partial charge in [-0.15, -0.1) is 0 Å². The summed E-state index contributed by atoms with van der Waals surface area (Å²) in [7, 11) is 5.69. The molecule has 166 valence electrons. The van der Waals surface area contributed by atoms with Gasteiger partial charge in [0.1, 0.15) is 0 Å². The molecule has 0 amide bonds. The summed E-state index contributed by atoms with van der Waals surface area (Å²) in [4.78, 5) is 6.29. The van der Waals surface area contributed by atoms with Crippen LogP contribution >= 0.6 is 0 Å². The standard InChI is InChI=1S/C20H34F2N4O3/c1-6-27-16(11-12-26(4)5)14-25-20(23-3)24-13-15-9-8-10-17(28-7-2)18(15)29-19(21)22/h8-10,16,19H,6-7,11-14H2,1-5H3,(H2,23,24,25). The molecular formula is C20H34F2N4O3. The molecule has 1 unspecified atom stereocenters. The molecule has 0 aliphatic rings. The minimum Gasteiger partial charge on any atom is -0.490 e. The molecule has 1 rings (SSSR count). The van der Waals surface area contributed by atoms with Crippen LogP contribution in [0.5, 0.6) is 11.5 Å². The maximum atomic E-state index is 12.8. The average Bonchev–Trinajstić information content (AvgIpc) is 2.67. The molecule has 1 aromatic rings. The van der Waals surface area contributed by atoms with Gasteiger partial charge in [0.15, 0.2) is 17.5 Å². The van der Waals surface area contributed by atoms with Crippen LogP contribution in [0, 0.1) is 0 Å². The molecule has 0 saturated heterocycles. The minimum atomic E-state index is -2.93. The lowest BCUT2D eigenvalue weighted by Crippen LogP contribution is -2.42. The van der Waals surface area contributed by atoms with Gasteiger partial charge in [0.25, 0.3) is 0 Å². The van der Waals surface area contributed by atoms with Gasteiger partial charge in [0.2, 0.25) is 0 Å². The molecule has 9 heteroatoms. The molecule has 2 N–H and O–H groups in total. The molecule has 1 aromatic carbocycles. The van der Waals surface area contributed by atoms with Crippen LogP contribution in [0.4, 0.5) is 8.78 Å². The van der Waals surface area contributed by atoms with E-state index < -0.39 is 6.61 Å². The fourth-order valence-corrected chi connectivity index (χ4v) is 2.68. The molecule has 0 aromatic heterocycles. The third-order valence-electron chi connectivity index (χ3n) is 4.03. The van der Waals surface area contributed by atoms with Gasteiger partial charge in [-0.1, -0.05) is 12.1 Å². The summed E-state index contributed by atoms with van der Waals surface area (Å²) in [6, 6.07) is 5.05. The maximum Gasteiger partial charge on any atom is 0.387 e. The monoisotopic (exact) mass is 416 g/mol. The molecule has 29 heavy (non-hydrogen) atoms. The van der Waals surface area contributed by atoms with Crippen molar-refractivity contribution in [2.75, 3.05) is 47.4 Å². The first kappa shape index (κ1) is 24.9. The number of ether oxygens (including phenoxy) is 3. The van der Waals surface area contributed by atoms with Crippen molar-refractivity contribution in [1.29, 1.82) is 0 Å². The summed E-state index contributed by atoms with van der Waals surface area (Å²) in [6.45, 7) is 3.55. The third kappa shape index (κ3) is 9.76. The number of rotatable bonds is 13. The highest BCUT2D eigenvalue weighted by Crippen LogP contribution is 2.32. The highest BCUT2D eigenvalue weighted by molar-refractivity contribution is 5.79. The zero-order chi connectivity index (χ0) is 21.6. The van der Waals surface area contributed by atoms with E-state index in [-0.39, 0.29) is 24.1 Å². The number of aliphatic imine (C=N–C) groups is 1. The summed E-state index contributed by atoms with van der Waals surface area (Å²) in [5.41, 5.74) is 0.549. The van der Waals surface area contributed by atoms with E-state index in [2.05, 4.69) is 20.5 Å². The number of guanidine groups is 1. The number of nitrogens with one attached hydrogen (secondary N) is 2. The molecule has 0 fully saturated rings. The van der Waals surface area contributed by atoms with Crippen molar-refractivity contribution in [3.63, 3.8) is 0 Å². The van der Waals surface area contributed by atoms with E-state index in [1.54, 1.807) is 32.2 Å². The zero-order valence-corrected chi connectivity index (χ0v) is 18.0. The Morgan fingerprint density at radius 2 is 1.93 bits per heavy atom. The quantitative estimate of drug-likeness (QED) is 0.381. The number of benzene rings is 1. The second kappa shape index (κ2) is 13.9. The summed E-state index contributed by atoms with van der Waals surface area (Å²) < 4.78 is 41.6. The molecule has 0 radical (unpaired) electrons. The van der Waals surface area contributed by atoms with Crippen molar-refractivity contribution >= 4 is 5.96 Å². The summed E-state index contributed by atoms with van der Waals surface area (Å²) in [6.07, 6.45) is 0.924. The van der Waals surface area contributed by atoms with Crippen molar-refractivity contribution in [1.82, 2.24) is 15.5 Å². The normalized spacial score (nSPS) is 12.9. The predicted octanol–water partition coefficient (Wildman–Crippen LogP) is 2.71. The largest absolute Gasteiger partial charge is 0.490 e. The molecule has 0 spiro atoms. The van der Waals surface area contributed by atoms with Crippen molar-refractivity contribution in [2.24, 2.45) is 4.99 Å². The Labute approximate surface area is 172 Å². The summed E-state index contributed by atoms with van der Waals surface area (Å²) in [5.74, 6) is 0.866. The molecule has 7 nitrogen and oxygen atoms in total. The van der Waals surface area contributed by atoms with Gasteiger partial charge in [-0.2, -0.15) is 8.78 Å². The van der Waals surface area contributed by atoms with E-state index >= 15 is 0 Å². The second-order valence-electron chi connectivity index (χ2n) is 6.53. The van der Waals surface area contributed by atoms with Crippen molar-refractivity contribution in [3.05, 3.63) is 23.8 Å². The minimum absolute atomic E-state index is 0.0329. The fraction of sp³-hybridized carbons (Fsp3) is 0.650. The Balaban J connectivity index is 2.72. The van der Waals surface area contributed by atoms with Gasteiger partial charge < -0.3 is 29.7 Å². The Morgan fingerprint density at radius 3 is 2.52 bits per heavy atom. The smallest absolute Gasteiger partial charge is 0.387 e. The average molecular weight is 417 g/mol. The first-order valence-electron chi connectivity index (χ1n) is 9.81. The number of hydrogen-bond acceptors (Lipinski definition) is 5. The van der Waals surface area contributed by atoms with Crippen LogP contribution in [-0.2, 0) is 11.3 Å². The first-order chi connectivity index (χ1) is 13.9. The lowest BCUT2D eigenvalue weighted by Gasteiger charge is -2.21. The SMILES string of the molecule is CCOc1cccc(CNC(=NC)NCC(CCN(C)C)OCC)c1OC(F)F. The first-order valence-corrected chi connectivity index (χ1v) is 9.81. The van der Waals surface area contributed by atoms with Gasteiger partial charge >= 0.3 is 6.61 Å². The molecule has 0 aliphatic carbocycles. The van der Waals surface area contributed by atoms with Crippen molar-refractivity contribution in [3.8, 4) is 11.5 Å². The van der Waals surface area contributed by atoms with Crippen LogP contribution in [0.2, 0.25) is 0 Å².